The minimum Gasteiger partial charge on any atom is -0.462 e. The van der Waals surface area contributed by atoms with Gasteiger partial charge < -0.3 is 39.9 Å². The quantitative estimate of drug-likeness (QED) is 0.0177. The lowest BCUT2D eigenvalue weighted by Gasteiger charge is -2.41. The molecule has 0 saturated heterocycles. The van der Waals surface area contributed by atoms with Gasteiger partial charge in [0.2, 0.25) is 0 Å². The molecule has 53 heavy (non-hydrogen) atoms. The molecule has 1 aliphatic carbocycles. The van der Waals surface area contributed by atoms with Crippen LogP contribution in [0.25, 0.3) is 0 Å². The van der Waals surface area contributed by atoms with Gasteiger partial charge >= 0.3 is 19.8 Å². The Bertz CT molecular complexity index is 996. The minimum atomic E-state index is -5.10. The Labute approximate surface area is 318 Å². The van der Waals surface area contributed by atoms with Crippen molar-refractivity contribution >= 4 is 19.8 Å². The smallest absolute Gasteiger partial charge is 0.462 e. The first-order valence-electron chi connectivity index (χ1n) is 20.5. The number of carbonyl (C=O) groups excluding carboxylic acids is 2. The van der Waals surface area contributed by atoms with Crippen LogP contribution in [0.2, 0.25) is 0 Å². The Morgan fingerprint density at radius 3 is 1.43 bits per heavy atom. The monoisotopic (exact) mass is 780 g/mol. The van der Waals surface area contributed by atoms with E-state index in [-0.39, 0.29) is 12.8 Å². The minimum absolute atomic E-state index is 0.0988. The Morgan fingerprint density at radius 1 is 0.566 bits per heavy atom. The maximum Gasteiger partial charge on any atom is 0.472 e. The van der Waals surface area contributed by atoms with Crippen molar-refractivity contribution in [1.82, 2.24) is 0 Å². The maximum atomic E-state index is 12.7. The van der Waals surface area contributed by atoms with E-state index in [1.165, 1.54) is 64.2 Å². The molecule has 0 heterocycles. The fraction of sp³-hybridized carbons (Fsp3) is 0.897. The highest BCUT2D eigenvalue weighted by Gasteiger charge is 2.51. The molecular formula is C39H73O13P. The van der Waals surface area contributed by atoms with Gasteiger partial charge in [0, 0.05) is 12.8 Å². The summed E-state index contributed by atoms with van der Waals surface area (Å²) in [6.07, 6.45) is 15.7. The van der Waals surface area contributed by atoms with Crippen LogP contribution in [-0.2, 0) is 32.7 Å². The zero-order valence-electron chi connectivity index (χ0n) is 32.6. The van der Waals surface area contributed by atoms with Gasteiger partial charge in [-0.1, -0.05) is 129 Å². The summed E-state index contributed by atoms with van der Waals surface area (Å²) in [7, 11) is -5.10. The van der Waals surface area contributed by atoms with Gasteiger partial charge in [-0.2, -0.15) is 0 Å². The number of unbranched alkanes of at least 4 members (excludes halogenated alkanes) is 19. The molecule has 0 aromatic carbocycles. The molecule has 1 fully saturated rings. The first kappa shape index (κ1) is 49.6. The number of hydrogen-bond donors (Lipinski definition) is 6. The summed E-state index contributed by atoms with van der Waals surface area (Å²) < 4.78 is 33.3. The number of rotatable bonds is 33. The van der Waals surface area contributed by atoms with Crippen molar-refractivity contribution in [3.8, 4) is 0 Å². The highest BCUT2D eigenvalue weighted by Crippen LogP contribution is 2.47. The number of carbonyl (C=O) groups is 2. The molecule has 13 nitrogen and oxygen atoms in total. The van der Waals surface area contributed by atoms with Gasteiger partial charge in [-0.25, -0.2) is 4.57 Å². The van der Waals surface area contributed by atoms with Crippen LogP contribution in [0.3, 0.4) is 0 Å². The van der Waals surface area contributed by atoms with E-state index in [2.05, 4.69) is 26.0 Å². The summed E-state index contributed by atoms with van der Waals surface area (Å²) in [6.45, 7) is 3.24. The van der Waals surface area contributed by atoms with Crippen LogP contribution < -0.4 is 0 Å². The zero-order valence-corrected chi connectivity index (χ0v) is 33.5. The summed E-state index contributed by atoms with van der Waals surface area (Å²) in [5.41, 5.74) is 0. The maximum absolute atomic E-state index is 12.7. The second-order valence-corrected chi connectivity index (χ2v) is 15.9. The van der Waals surface area contributed by atoms with Gasteiger partial charge in [0.05, 0.1) is 6.61 Å². The molecule has 1 rings (SSSR count). The summed E-state index contributed by atoms with van der Waals surface area (Å²) in [5, 5.41) is 49.9. The highest BCUT2D eigenvalue weighted by atomic mass is 31.2. The van der Waals surface area contributed by atoms with Crippen molar-refractivity contribution in [3.63, 3.8) is 0 Å². The summed E-state index contributed by atoms with van der Waals surface area (Å²) in [6, 6.07) is 0. The molecule has 14 heteroatoms. The number of aliphatic hydroxyl groups excluding tert-OH is 5. The van der Waals surface area contributed by atoms with Crippen molar-refractivity contribution in [1.29, 1.82) is 0 Å². The molecule has 1 aliphatic rings. The number of ether oxygens (including phenoxy) is 2. The number of phosphoric acid groups is 1. The first-order valence-corrected chi connectivity index (χ1v) is 22.0. The first-order chi connectivity index (χ1) is 25.4. The third-order valence-electron chi connectivity index (χ3n) is 9.61. The second-order valence-electron chi connectivity index (χ2n) is 14.5. The van der Waals surface area contributed by atoms with E-state index in [0.717, 1.165) is 64.2 Å². The molecule has 0 spiro atoms. The molecule has 0 radical (unpaired) electrons. The lowest BCUT2D eigenvalue weighted by molar-refractivity contribution is -0.220. The van der Waals surface area contributed by atoms with Crippen molar-refractivity contribution in [2.75, 3.05) is 13.2 Å². The van der Waals surface area contributed by atoms with Crippen LogP contribution in [0.5, 0.6) is 0 Å². The van der Waals surface area contributed by atoms with E-state index < -0.39 is 75.7 Å². The van der Waals surface area contributed by atoms with Crippen LogP contribution in [0.4, 0.5) is 0 Å². The van der Waals surface area contributed by atoms with Crippen LogP contribution in [-0.4, -0.2) is 98.3 Å². The topological polar surface area (TPSA) is 210 Å². The Kier molecular flexibility index (Phi) is 28.8. The van der Waals surface area contributed by atoms with Gasteiger partial charge in [-0.05, 0) is 38.5 Å². The van der Waals surface area contributed by atoms with E-state index >= 15 is 0 Å². The zero-order chi connectivity index (χ0) is 39.3. The Balaban J connectivity index is 2.51. The van der Waals surface area contributed by atoms with Crippen molar-refractivity contribution < 1.29 is 63.1 Å². The van der Waals surface area contributed by atoms with Gasteiger partial charge in [0.25, 0.3) is 0 Å². The van der Waals surface area contributed by atoms with Gasteiger partial charge in [0.15, 0.2) is 6.10 Å². The normalized spacial score (nSPS) is 23.5. The number of aliphatic hydroxyl groups is 5. The molecule has 0 amide bonds. The third kappa shape index (κ3) is 24.0. The van der Waals surface area contributed by atoms with Crippen molar-refractivity contribution in [3.05, 3.63) is 12.2 Å². The molecule has 1 saturated carbocycles. The average molecular weight is 781 g/mol. The molecule has 0 aliphatic heterocycles. The Morgan fingerprint density at radius 2 is 0.962 bits per heavy atom. The predicted octanol–water partition coefficient (Wildman–Crippen LogP) is 6.72. The van der Waals surface area contributed by atoms with Crippen LogP contribution in [0.15, 0.2) is 12.2 Å². The molecule has 312 valence electrons. The molecular weight excluding hydrogens is 707 g/mol. The molecule has 0 bridgehead atoms. The molecule has 8 atom stereocenters. The molecule has 0 aromatic rings. The number of hydrogen-bond acceptors (Lipinski definition) is 12. The second kappa shape index (κ2) is 30.8. The highest BCUT2D eigenvalue weighted by molar-refractivity contribution is 7.47. The lowest BCUT2D eigenvalue weighted by atomic mass is 9.85. The third-order valence-corrected chi connectivity index (χ3v) is 10.6. The van der Waals surface area contributed by atoms with E-state index in [0.29, 0.717) is 12.8 Å². The number of allylic oxidation sites excluding steroid dienone is 2. The summed E-state index contributed by atoms with van der Waals surface area (Å²) in [5.74, 6) is -1.11. The van der Waals surface area contributed by atoms with Crippen LogP contribution in [0, 0.1) is 0 Å². The standard InChI is InChI=1S/C39H73O13P/c1-3-5-7-9-11-13-15-16-17-18-20-21-23-25-27-32(40)49-29-31(51-33(41)28-26-24-22-19-14-12-10-8-6-4-2)30-50-53(47,48)52-39-37(45)35(43)34(42)36(44)38(39)46/h15-16,31,34-39,42-46H,3-14,17-30H2,1-2H3,(H,47,48)/b16-15-/t31-,34?,35-,36?,37?,38?,39?/m1/s1. The van der Waals surface area contributed by atoms with Crippen LogP contribution in [0.1, 0.15) is 168 Å². The van der Waals surface area contributed by atoms with Crippen molar-refractivity contribution in [2.45, 2.75) is 211 Å². The fourth-order valence-electron chi connectivity index (χ4n) is 6.22. The number of esters is 2. The number of phosphoric ester groups is 1. The molecule has 6 N–H and O–H groups in total. The van der Waals surface area contributed by atoms with E-state index in [4.69, 9.17) is 18.5 Å². The molecule has 0 aromatic heterocycles. The average Bonchev–Trinajstić information content (AvgIpc) is 3.13. The van der Waals surface area contributed by atoms with E-state index in [1.54, 1.807) is 0 Å². The van der Waals surface area contributed by atoms with Crippen molar-refractivity contribution in [2.24, 2.45) is 0 Å². The lowest BCUT2D eigenvalue weighted by Crippen LogP contribution is -2.64. The predicted molar refractivity (Wildman–Crippen MR) is 203 cm³/mol. The fourth-order valence-corrected chi connectivity index (χ4v) is 7.19. The van der Waals surface area contributed by atoms with Gasteiger partial charge in [-0.3, -0.25) is 18.6 Å². The molecule has 6 unspecified atom stereocenters. The summed E-state index contributed by atoms with van der Waals surface area (Å²) >= 11 is 0. The van der Waals surface area contributed by atoms with Gasteiger partial charge in [0.1, 0.15) is 43.2 Å². The summed E-state index contributed by atoms with van der Waals surface area (Å²) in [4.78, 5) is 35.4. The SMILES string of the molecule is CCCCCCC/C=C\CCCCCCCC(=O)OC[C@H](COP(=O)(O)OC1C(O)C(O)C(O)[C@@H](O)C1O)OC(=O)CCCCCCCCCCCC. The van der Waals surface area contributed by atoms with Crippen LogP contribution >= 0.6 is 7.82 Å². The van der Waals surface area contributed by atoms with E-state index in [1.807, 2.05) is 0 Å². The largest absolute Gasteiger partial charge is 0.472 e. The van der Waals surface area contributed by atoms with E-state index in [9.17, 15) is 44.6 Å². The Hall–Kier alpha value is -1.41. The van der Waals surface area contributed by atoms with Gasteiger partial charge in [-0.15, -0.1) is 0 Å².